The van der Waals surface area contributed by atoms with Crippen molar-refractivity contribution in [2.75, 3.05) is 0 Å². The van der Waals surface area contributed by atoms with E-state index >= 15 is 0 Å². The lowest BCUT2D eigenvalue weighted by molar-refractivity contribution is -0.165. The molecular weight excluding hydrogens is 464 g/mol. The Morgan fingerprint density at radius 2 is 1.75 bits per heavy atom. The van der Waals surface area contributed by atoms with Crippen LogP contribution < -0.4 is 0 Å². The first-order chi connectivity index (χ1) is 15.2. The van der Waals surface area contributed by atoms with Crippen molar-refractivity contribution >= 4 is 46.2 Å². The molecule has 0 N–H and O–H groups in total. The Hall–Kier alpha value is -2.75. The molecule has 0 radical (unpaired) electrons. The highest BCUT2D eigenvalue weighted by molar-refractivity contribution is 6.34. The first kappa shape index (κ1) is 22.4. The third-order valence-corrected chi connectivity index (χ3v) is 5.57. The summed E-state index contributed by atoms with van der Waals surface area (Å²) in [4.78, 5) is 31.6. The summed E-state index contributed by atoms with van der Waals surface area (Å²) in [5, 5.41) is 0.506. The molecule has 11 heteroatoms. The molecule has 0 unspecified atom stereocenters. The van der Waals surface area contributed by atoms with Crippen molar-refractivity contribution < 1.29 is 28.2 Å². The Labute approximate surface area is 192 Å². The van der Waals surface area contributed by atoms with Gasteiger partial charge in [0.05, 0.1) is 5.39 Å². The minimum atomic E-state index is -1.06. The van der Waals surface area contributed by atoms with Gasteiger partial charge in [0.15, 0.2) is 24.3 Å². The van der Waals surface area contributed by atoms with Crippen LogP contribution in [-0.2, 0) is 30.2 Å². The van der Waals surface area contributed by atoms with Crippen LogP contribution in [0.3, 0.4) is 0 Å². The maximum Gasteiger partial charge on any atom is 0.303 e. The lowest BCUT2D eigenvalue weighted by Crippen LogP contribution is -2.39. The molecule has 0 amide bonds. The fourth-order valence-corrected chi connectivity index (χ4v) is 4.14. The van der Waals surface area contributed by atoms with Crippen LogP contribution in [0.5, 0.6) is 0 Å². The lowest BCUT2D eigenvalue weighted by atomic mass is 10.0. The van der Waals surface area contributed by atoms with E-state index < -0.39 is 42.3 Å². The van der Waals surface area contributed by atoms with E-state index in [2.05, 4.69) is 9.97 Å². The average molecular weight is 482 g/mol. The molecule has 0 bridgehead atoms. The summed E-state index contributed by atoms with van der Waals surface area (Å²) in [7, 11) is 0. The molecule has 4 rings (SSSR count). The summed E-state index contributed by atoms with van der Waals surface area (Å²) in [5.41, 5.74) is 1.01. The molecule has 1 aromatic carbocycles. The van der Waals surface area contributed by atoms with E-state index in [1.807, 2.05) is 12.1 Å². The highest BCUT2D eigenvalue weighted by atomic mass is 35.5. The maximum absolute atomic E-state index is 14.7. The van der Waals surface area contributed by atoms with Gasteiger partial charge in [-0.15, -0.1) is 0 Å². The number of fused-ring (bicyclic) bond motifs is 1. The van der Waals surface area contributed by atoms with E-state index in [9.17, 15) is 14.0 Å². The van der Waals surface area contributed by atoms with Crippen LogP contribution >= 0.6 is 23.2 Å². The normalized spacial score (nSPS) is 22.8. The van der Waals surface area contributed by atoms with Crippen LogP contribution in [-0.4, -0.2) is 44.8 Å². The van der Waals surface area contributed by atoms with Gasteiger partial charge in [0.2, 0.25) is 0 Å². The van der Waals surface area contributed by atoms with E-state index in [1.165, 1.54) is 24.7 Å². The smallest absolute Gasteiger partial charge is 0.303 e. The number of hydrogen-bond donors (Lipinski definition) is 0. The summed E-state index contributed by atoms with van der Waals surface area (Å²) in [6, 6.07) is 7.06. The SMILES string of the molecule is CC(=O)O[C@@H]1[C@H](OC(C)=O)[C@@H](Cc2ccc(Cl)cc2)O[C@H]1n1cc(F)c2c(Cl)ncnc21. The van der Waals surface area contributed by atoms with Crippen LogP contribution in [0.25, 0.3) is 11.0 Å². The number of hydrogen-bond acceptors (Lipinski definition) is 7. The summed E-state index contributed by atoms with van der Waals surface area (Å²) >= 11 is 12.0. The number of esters is 2. The van der Waals surface area contributed by atoms with Crippen molar-refractivity contribution in [3.05, 3.63) is 58.3 Å². The second-order valence-electron chi connectivity index (χ2n) is 7.29. The summed E-state index contributed by atoms with van der Waals surface area (Å²) < 4.78 is 33.2. The van der Waals surface area contributed by atoms with Gasteiger partial charge < -0.3 is 14.2 Å². The van der Waals surface area contributed by atoms with E-state index in [0.29, 0.717) is 11.4 Å². The fraction of sp³-hybridized carbons (Fsp3) is 0.333. The molecule has 2 aromatic heterocycles. The Kier molecular flexibility index (Phi) is 6.32. The first-order valence-electron chi connectivity index (χ1n) is 9.65. The Morgan fingerprint density at radius 1 is 1.09 bits per heavy atom. The number of carbonyl (C=O) groups excluding carboxylic acids is 2. The van der Waals surface area contributed by atoms with Gasteiger partial charge in [-0.1, -0.05) is 35.3 Å². The van der Waals surface area contributed by atoms with Gasteiger partial charge in [0.25, 0.3) is 0 Å². The molecular formula is C21H18Cl2FN3O5. The van der Waals surface area contributed by atoms with Crippen molar-refractivity contribution in [2.45, 2.75) is 44.8 Å². The Bertz CT molecular complexity index is 1170. The topological polar surface area (TPSA) is 92.5 Å². The summed E-state index contributed by atoms with van der Waals surface area (Å²) in [6.07, 6.45) is -1.09. The molecule has 1 aliphatic heterocycles. The highest BCUT2D eigenvalue weighted by Gasteiger charge is 2.50. The van der Waals surface area contributed by atoms with Crippen molar-refractivity contribution in [1.29, 1.82) is 0 Å². The molecule has 0 spiro atoms. The van der Waals surface area contributed by atoms with Crippen LogP contribution in [0.15, 0.2) is 36.8 Å². The molecule has 1 saturated heterocycles. The van der Waals surface area contributed by atoms with Crippen molar-refractivity contribution in [2.24, 2.45) is 0 Å². The molecule has 0 saturated carbocycles. The second kappa shape index (κ2) is 9.01. The number of nitrogens with zero attached hydrogens (tertiary/aromatic N) is 3. The minimum absolute atomic E-state index is 0.00419. The molecule has 4 atom stereocenters. The molecule has 32 heavy (non-hydrogen) atoms. The van der Waals surface area contributed by atoms with Crippen LogP contribution in [0, 0.1) is 5.82 Å². The van der Waals surface area contributed by atoms with Gasteiger partial charge in [-0.25, -0.2) is 14.4 Å². The summed E-state index contributed by atoms with van der Waals surface area (Å²) in [5.74, 6) is -1.86. The van der Waals surface area contributed by atoms with Crippen LogP contribution in [0.2, 0.25) is 10.2 Å². The van der Waals surface area contributed by atoms with Gasteiger partial charge in [-0.2, -0.15) is 0 Å². The highest BCUT2D eigenvalue weighted by Crippen LogP contribution is 2.38. The molecule has 0 aliphatic carbocycles. The molecule has 168 valence electrons. The zero-order valence-corrected chi connectivity index (χ0v) is 18.5. The zero-order chi connectivity index (χ0) is 23.0. The van der Waals surface area contributed by atoms with Crippen LogP contribution in [0.4, 0.5) is 4.39 Å². The number of carbonyl (C=O) groups is 2. The number of halogens is 3. The Morgan fingerprint density at radius 3 is 2.41 bits per heavy atom. The fourth-order valence-electron chi connectivity index (χ4n) is 3.80. The van der Waals surface area contributed by atoms with Crippen molar-refractivity contribution in [1.82, 2.24) is 14.5 Å². The number of rotatable bonds is 5. The largest absolute Gasteiger partial charge is 0.456 e. The lowest BCUT2D eigenvalue weighted by Gasteiger charge is -2.24. The maximum atomic E-state index is 14.7. The van der Waals surface area contributed by atoms with Gasteiger partial charge in [-0.3, -0.25) is 14.2 Å². The predicted molar refractivity (Wildman–Crippen MR) is 113 cm³/mol. The summed E-state index contributed by atoms with van der Waals surface area (Å²) in [6.45, 7) is 2.47. The minimum Gasteiger partial charge on any atom is -0.456 e. The third kappa shape index (κ3) is 4.41. The molecule has 8 nitrogen and oxygen atoms in total. The first-order valence-corrected chi connectivity index (χ1v) is 10.4. The average Bonchev–Trinajstić information content (AvgIpc) is 3.22. The third-order valence-electron chi connectivity index (χ3n) is 5.03. The van der Waals surface area contributed by atoms with Crippen molar-refractivity contribution in [3.63, 3.8) is 0 Å². The van der Waals surface area contributed by atoms with Crippen molar-refractivity contribution in [3.8, 4) is 0 Å². The quantitative estimate of drug-likeness (QED) is 0.403. The molecule has 3 aromatic rings. The number of benzene rings is 1. The molecule has 1 fully saturated rings. The number of aromatic nitrogens is 3. The molecule has 1 aliphatic rings. The van der Waals surface area contributed by atoms with Crippen LogP contribution in [0.1, 0.15) is 25.6 Å². The standard InChI is InChI=1S/C21H18Cl2FN3O5/c1-10(28)30-17-15(7-12-3-5-13(22)6-4-12)32-21(18(17)31-11(2)29)27-8-14(24)16-19(23)25-9-26-20(16)27/h3-6,8-9,15,17-18,21H,7H2,1-2H3/t15-,17-,18-,21-/m1/s1. The van der Waals surface area contributed by atoms with Gasteiger partial charge >= 0.3 is 11.9 Å². The van der Waals surface area contributed by atoms with Gasteiger partial charge in [-0.05, 0) is 17.7 Å². The van der Waals surface area contributed by atoms with E-state index in [-0.39, 0.29) is 16.2 Å². The monoisotopic (exact) mass is 481 g/mol. The van der Waals surface area contributed by atoms with E-state index in [0.717, 1.165) is 11.8 Å². The van der Waals surface area contributed by atoms with E-state index in [1.54, 1.807) is 12.1 Å². The zero-order valence-electron chi connectivity index (χ0n) is 17.0. The predicted octanol–water partition coefficient (Wildman–Crippen LogP) is 3.88. The number of ether oxygens (including phenoxy) is 3. The van der Waals surface area contributed by atoms with Gasteiger partial charge in [0.1, 0.15) is 23.2 Å². The molecule has 3 heterocycles. The van der Waals surface area contributed by atoms with Gasteiger partial charge in [0, 0.05) is 31.5 Å². The Balaban J connectivity index is 1.77. The van der Waals surface area contributed by atoms with E-state index in [4.69, 9.17) is 37.4 Å². The second-order valence-corrected chi connectivity index (χ2v) is 8.09.